The molecule has 2 rings (SSSR count). The standard InChI is InChI=1S/C4F5/c5-2-1(3(2,6)7)4(2,8)9. The smallest absolute Gasteiger partial charge is 0.229 e. The van der Waals surface area contributed by atoms with Crippen LogP contribution in [0.3, 0.4) is 0 Å². The van der Waals surface area contributed by atoms with Gasteiger partial charge < -0.3 is 0 Å². The summed E-state index contributed by atoms with van der Waals surface area (Å²) in [5.41, 5.74) is -3.54. The molecule has 0 atom stereocenters. The predicted octanol–water partition coefficient (Wildman–Crippen LogP) is 1.57. The fraction of sp³-hybridized carbons (Fsp3) is 0.750. The van der Waals surface area contributed by atoms with Crippen molar-refractivity contribution >= 4 is 0 Å². The molecule has 0 aromatic carbocycles. The highest BCUT2D eigenvalue weighted by Crippen LogP contribution is 2.89. The van der Waals surface area contributed by atoms with Crippen molar-refractivity contribution in [1.82, 2.24) is 0 Å². The summed E-state index contributed by atoms with van der Waals surface area (Å²) in [5.74, 6) is -9.19. The van der Waals surface area contributed by atoms with Gasteiger partial charge in [-0.1, -0.05) is 0 Å². The zero-order valence-electron chi connectivity index (χ0n) is 3.89. The van der Waals surface area contributed by atoms with E-state index in [0.717, 1.165) is 0 Å². The van der Waals surface area contributed by atoms with Gasteiger partial charge in [0.2, 0.25) is 0 Å². The van der Waals surface area contributed by atoms with E-state index in [1.165, 1.54) is 0 Å². The van der Waals surface area contributed by atoms with E-state index in [0.29, 0.717) is 0 Å². The van der Waals surface area contributed by atoms with Crippen molar-refractivity contribution in [3.63, 3.8) is 0 Å². The second-order valence-corrected chi connectivity index (χ2v) is 2.18. The van der Waals surface area contributed by atoms with Gasteiger partial charge in [-0.3, -0.25) is 0 Å². The third-order valence-corrected chi connectivity index (χ3v) is 1.71. The topological polar surface area (TPSA) is 0 Å². The van der Waals surface area contributed by atoms with Crippen LogP contribution in [-0.2, 0) is 0 Å². The molecule has 0 aromatic heterocycles. The Kier molecular flexibility index (Phi) is 0.479. The van der Waals surface area contributed by atoms with Gasteiger partial charge in [0.05, 0.1) is 0 Å². The van der Waals surface area contributed by atoms with E-state index in [2.05, 4.69) is 0 Å². The number of hydrogen-bond donors (Lipinski definition) is 0. The van der Waals surface area contributed by atoms with Crippen molar-refractivity contribution in [2.24, 2.45) is 0 Å². The molecule has 2 aliphatic rings. The van der Waals surface area contributed by atoms with Crippen molar-refractivity contribution < 1.29 is 22.0 Å². The molecule has 0 N–H and O–H groups in total. The Bertz CT molecular complexity index is 167. The zero-order valence-corrected chi connectivity index (χ0v) is 3.89. The van der Waals surface area contributed by atoms with Crippen molar-refractivity contribution in [2.75, 3.05) is 0 Å². The van der Waals surface area contributed by atoms with Gasteiger partial charge >= 0.3 is 11.8 Å². The van der Waals surface area contributed by atoms with Gasteiger partial charge in [-0.15, -0.1) is 0 Å². The van der Waals surface area contributed by atoms with E-state index in [1.807, 2.05) is 0 Å². The Morgan fingerprint density at radius 1 is 0.778 bits per heavy atom. The van der Waals surface area contributed by atoms with Gasteiger partial charge in [-0.25, -0.2) is 22.0 Å². The van der Waals surface area contributed by atoms with Crippen LogP contribution in [0.2, 0.25) is 0 Å². The van der Waals surface area contributed by atoms with Gasteiger partial charge in [-0.05, 0) is 0 Å². The fourth-order valence-corrected chi connectivity index (χ4v) is 0.969. The van der Waals surface area contributed by atoms with Crippen molar-refractivity contribution in [3.8, 4) is 0 Å². The highest BCUT2D eigenvalue weighted by molar-refractivity contribution is 5.69. The summed E-state index contributed by atoms with van der Waals surface area (Å²) in [4.78, 5) is 0. The maximum Gasteiger partial charge on any atom is 0.304 e. The molecule has 1 radical (unpaired) electrons. The molecule has 9 heavy (non-hydrogen) atoms. The monoisotopic (exact) mass is 143 g/mol. The predicted molar refractivity (Wildman–Crippen MR) is 17.0 cm³/mol. The van der Waals surface area contributed by atoms with Crippen molar-refractivity contribution in [3.05, 3.63) is 5.92 Å². The van der Waals surface area contributed by atoms with E-state index in [-0.39, 0.29) is 0 Å². The molecule has 0 aliphatic heterocycles. The van der Waals surface area contributed by atoms with E-state index >= 15 is 0 Å². The third kappa shape index (κ3) is 0.244. The minimum absolute atomic E-state index is 1.54. The van der Waals surface area contributed by atoms with Crippen LogP contribution >= 0.6 is 0 Å². The summed E-state index contributed by atoms with van der Waals surface area (Å²) in [6.45, 7) is 0. The van der Waals surface area contributed by atoms with Gasteiger partial charge in [0.15, 0.2) is 5.92 Å². The molecular formula is C4F5. The first-order valence-corrected chi connectivity index (χ1v) is 2.19. The number of halogens is 5. The molecule has 0 spiro atoms. The summed E-state index contributed by atoms with van der Waals surface area (Å²) in [6.07, 6.45) is 0. The molecule has 2 fully saturated rings. The Morgan fingerprint density at radius 2 is 1.00 bits per heavy atom. The molecule has 5 heteroatoms. The summed E-state index contributed by atoms with van der Waals surface area (Å²) < 4.78 is 58.1. The van der Waals surface area contributed by atoms with Crippen LogP contribution in [0.15, 0.2) is 0 Å². The van der Waals surface area contributed by atoms with Crippen LogP contribution in [0, 0.1) is 5.92 Å². The lowest BCUT2D eigenvalue weighted by molar-refractivity contribution is -0.0983. The maximum absolute atomic E-state index is 11.9. The first kappa shape index (κ1) is 5.44. The van der Waals surface area contributed by atoms with Crippen LogP contribution in [-0.4, -0.2) is 17.5 Å². The normalized spacial score (nSPS) is 39.7. The number of alkyl halides is 5. The number of rotatable bonds is 0. The van der Waals surface area contributed by atoms with Crippen LogP contribution in [0.1, 0.15) is 0 Å². The maximum atomic E-state index is 11.9. The molecule has 0 amide bonds. The molecule has 2 saturated carbocycles. The second kappa shape index (κ2) is 0.793. The summed E-state index contributed by atoms with van der Waals surface area (Å²) in [5, 5.41) is 0. The molecule has 0 bridgehead atoms. The molecular weight excluding hydrogens is 143 g/mol. The molecule has 0 unspecified atom stereocenters. The zero-order chi connectivity index (χ0) is 7.08. The Morgan fingerprint density at radius 3 is 1.00 bits per heavy atom. The summed E-state index contributed by atoms with van der Waals surface area (Å²) in [7, 11) is 0. The highest BCUT2D eigenvalue weighted by Gasteiger charge is 3.15. The minimum atomic E-state index is -3.82. The van der Waals surface area contributed by atoms with Crippen LogP contribution < -0.4 is 0 Å². The molecule has 2 aliphatic carbocycles. The van der Waals surface area contributed by atoms with Gasteiger partial charge in [0.1, 0.15) is 0 Å². The quantitative estimate of drug-likeness (QED) is 0.451. The average molecular weight is 143 g/mol. The second-order valence-electron chi connectivity index (χ2n) is 2.18. The lowest BCUT2D eigenvalue weighted by Gasteiger charge is -2.09. The molecule has 0 heterocycles. The molecule has 51 valence electrons. The van der Waals surface area contributed by atoms with E-state index < -0.39 is 23.4 Å². The Hall–Kier alpha value is -0.350. The Balaban J connectivity index is 2.27. The minimum Gasteiger partial charge on any atom is -0.229 e. The molecule has 0 saturated heterocycles. The van der Waals surface area contributed by atoms with Crippen LogP contribution in [0.25, 0.3) is 0 Å². The molecule has 0 nitrogen and oxygen atoms in total. The number of hydrogen-bond acceptors (Lipinski definition) is 0. The van der Waals surface area contributed by atoms with Crippen LogP contribution in [0.5, 0.6) is 0 Å². The lowest BCUT2D eigenvalue weighted by Crippen LogP contribution is -2.30. The summed E-state index contributed by atoms with van der Waals surface area (Å²) >= 11 is 0. The van der Waals surface area contributed by atoms with E-state index in [4.69, 9.17) is 0 Å². The van der Waals surface area contributed by atoms with Crippen molar-refractivity contribution in [2.45, 2.75) is 17.5 Å². The largest absolute Gasteiger partial charge is 0.304 e. The Labute approximate surface area is 46.7 Å². The molecule has 0 aromatic rings. The van der Waals surface area contributed by atoms with E-state index in [1.54, 1.807) is 0 Å². The number of fused-ring (bicyclic) bond motifs is 1. The van der Waals surface area contributed by atoms with Crippen LogP contribution in [0.4, 0.5) is 22.0 Å². The van der Waals surface area contributed by atoms with Gasteiger partial charge in [0, 0.05) is 0 Å². The van der Waals surface area contributed by atoms with Gasteiger partial charge in [0.25, 0.3) is 5.67 Å². The van der Waals surface area contributed by atoms with E-state index in [9.17, 15) is 22.0 Å². The SMILES string of the molecule is FC1(F)[C]2C(F)(F)C21F. The average Bonchev–Trinajstić information content (AvgIpc) is 2.21. The fourth-order valence-electron chi connectivity index (χ4n) is 0.969. The third-order valence-electron chi connectivity index (χ3n) is 1.71. The first-order chi connectivity index (χ1) is 3.87. The highest BCUT2D eigenvalue weighted by atomic mass is 19.3. The summed E-state index contributed by atoms with van der Waals surface area (Å²) in [6, 6.07) is 0. The van der Waals surface area contributed by atoms with Crippen molar-refractivity contribution in [1.29, 1.82) is 0 Å². The van der Waals surface area contributed by atoms with Gasteiger partial charge in [-0.2, -0.15) is 0 Å². The first-order valence-electron chi connectivity index (χ1n) is 2.19. The lowest BCUT2D eigenvalue weighted by atomic mass is 10.3.